The van der Waals surface area contributed by atoms with Gasteiger partial charge in [-0.3, -0.25) is 4.79 Å². The maximum absolute atomic E-state index is 14.2. The van der Waals surface area contributed by atoms with E-state index in [0.29, 0.717) is 28.1 Å². The number of carbonyl (C=O) groups excluding carboxylic acids is 1. The fraction of sp³-hybridized carbons (Fsp3) is 0.321. The molecule has 39 heavy (non-hydrogen) atoms. The van der Waals surface area contributed by atoms with Gasteiger partial charge in [0.2, 0.25) is 5.82 Å². The van der Waals surface area contributed by atoms with Gasteiger partial charge in [-0.15, -0.1) is 0 Å². The van der Waals surface area contributed by atoms with Crippen LogP contribution in [0.1, 0.15) is 31.7 Å². The minimum absolute atomic E-state index is 0.00282. The van der Waals surface area contributed by atoms with E-state index >= 15 is 0 Å². The molecule has 1 amide bonds. The Labute approximate surface area is 228 Å². The fourth-order valence-corrected chi connectivity index (χ4v) is 4.66. The Hall–Kier alpha value is -3.53. The van der Waals surface area contributed by atoms with Crippen molar-refractivity contribution in [1.82, 2.24) is 0 Å². The molecule has 0 aliphatic carbocycles. The molecule has 1 unspecified atom stereocenters. The predicted octanol–water partition coefficient (Wildman–Crippen LogP) is 6.89. The Bertz CT molecular complexity index is 1320. The predicted molar refractivity (Wildman–Crippen MR) is 141 cm³/mol. The average Bonchev–Trinajstić information content (AvgIpc) is 2.94. The van der Waals surface area contributed by atoms with Gasteiger partial charge in [-0.1, -0.05) is 37.6 Å². The van der Waals surface area contributed by atoms with Crippen molar-refractivity contribution in [2.24, 2.45) is 0 Å². The summed E-state index contributed by atoms with van der Waals surface area (Å²) in [6.45, 7) is 4.50. The van der Waals surface area contributed by atoms with Crippen LogP contribution in [0.25, 0.3) is 0 Å². The van der Waals surface area contributed by atoms with E-state index < -0.39 is 34.8 Å². The van der Waals surface area contributed by atoms with Crippen molar-refractivity contribution in [2.75, 3.05) is 47.9 Å². The molecule has 0 radical (unpaired) electrons. The van der Waals surface area contributed by atoms with Gasteiger partial charge in [0, 0.05) is 31.9 Å². The molecule has 1 fully saturated rings. The number of nitrogens with one attached hydrogen (secondary N) is 1. The first-order valence-electron chi connectivity index (χ1n) is 12.4. The highest BCUT2D eigenvalue weighted by atomic mass is 35.5. The maximum Gasteiger partial charge on any atom is 0.262 e. The molecule has 1 atom stereocenters. The molecule has 1 aliphatic heterocycles. The number of carbonyl (C=O) groups is 1. The van der Waals surface area contributed by atoms with Gasteiger partial charge in [-0.05, 0) is 48.2 Å². The number of amides is 1. The summed E-state index contributed by atoms with van der Waals surface area (Å²) in [5.74, 6) is -9.21. The topological polar surface area (TPSA) is 44.8 Å². The molecule has 11 heteroatoms. The summed E-state index contributed by atoms with van der Waals surface area (Å²) in [6, 6.07) is 12.5. The largest absolute Gasteiger partial charge is 0.484 e. The molecule has 1 aliphatic rings. The summed E-state index contributed by atoms with van der Waals surface area (Å²) in [4.78, 5) is 15.3. The lowest BCUT2D eigenvalue weighted by Crippen LogP contribution is -2.47. The van der Waals surface area contributed by atoms with Crippen molar-refractivity contribution in [1.29, 1.82) is 0 Å². The SMILES string of the molecule is CCC(C)c1ccc(OCC(=O)Nc2ccc(N3CCN(c4c(F)c(F)c(F)c(F)c4F)CC3)c(Cl)c2)cc1. The van der Waals surface area contributed by atoms with Gasteiger partial charge in [0.25, 0.3) is 5.91 Å². The zero-order valence-corrected chi connectivity index (χ0v) is 22.1. The monoisotopic (exact) mass is 567 g/mol. The smallest absolute Gasteiger partial charge is 0.262 e. The van der Waals surface area contributed by atoms with Crippen LogP contribution in [-0.2, 0) is 4.79 Å². The summed E-state index contributed by atoms with van der Waals surface area (Å²) in [6.07, 6.45) is 1.03. The van der Waals surface area contributed by atoms with Crippen LogP contribution in [0.15, 0.2) is 42.5 Å². The Balaban J connectivity index is 1.33. The van der Waals surface area contributed by atoms with Crippen LogP contribution < -0.4 is 19.9 Å². The van der Waals surface area contributed by atoms with Crippen LogP contribution in [-0.4, -0.2) is 38.7 Å². The van der Waals surface area contributed by atoms with Gasteiger partial charge in [0.1, 0.15) is 11.4 Å². The third-order valence-electron chi connectivity index (χ3n) is 6.79. The van der Waals surface area contributed by atoms with Crippen molar-refractivity contribution in [3.05, 3.63) is 82.1 Å². The van der Waals surface area contributed by atoms with Crippen LogP contribution in [0.5, 0.6) is 5.75 Å². The molecule has 3 aromatic carbocycles. The van der Waals surface area contributed by atoms with Crippen LogP contribution in [0.2, 0.25) is 5.02 Å². The quantitative estimate of drug-likeness (QED) is 0.183. The van der Waals surface area contributed by atoms with E-state index in [-0.39, 0.29) is 38.7 Å². The van der Waals surface area contributed by atoms with Crippen molar-refractivity contribution >= 4 is 34.6 Å². The molecule has 0 saturated carbocycles. The summed E-state index contributed by atoms with van der Waals surface area (Å²) < 4.78 is 74.5. The minimum atomic E-state index is -2.19. The van der Waals surface area contributed by atoms with Crippen LogP contribution in [0.4, 0.5) is 39.0 Å². The molecule has 208 valence electrons. The highest BCUT2D eigenvalue weighted by molar-refractivity contribution is 6.33. The van der Waals surface area contributed by atoms with Crippen LogP contribution in [0, 0.1) is 29.1 Å². The molecule has 5 nitrogen and oxygen atoms in total. The first-order chi connectivity index (χ1) is 18.6. The summed E-state index contributed by atoms with van der Waals surface area (Å²) >= 11 is 6.44. The van der Waals surface area contributed by atoms with E-state index in [1.807, 2.05) is 29.2 Å². The third kappa shape index (κ3) is 6.21. The first-order valence-corrected chi connectivity index (χ1v) is 12.8. The molecule has 1 heterocycles. The number of benzene rings is 3. The van der Waals surface area contributed by atoms with E-state index in [0.717, 1.165) is 11.3 Å². The Morgan fingerprint density at radius 2 is 1.46 bits per heavy atom. The molecule has 1 N–H and O–H groups in total. The molecular formula is C28H27ClF5N3O2. The minimum Gasteiger partial charge on any atom is -0.484 e. The lowest BCUT2D eigenvalue weighted by Gasteiger charge is -2.38. The zero-order chi connectivity index (χ0) is 28.3. The Morgan fingerprint density at radius 3 is 2.03 bits per heavy atom. The summed E-state index contributed by atoms with van der Waals surface area (Å²) in [5, 5.41) is 3.04. The summed E-state index contributed by atoms with van der Waals surface area (Å²) in [7, 11) is 0. The number of piperazine rings is 1. The number of hydrogen-bond acceptors (Lipinski definition) is 4. The molecule has 0 bridgehead atoms. The van der Waals surface area contributed by atoms with E-state index in [4.69, 9.17) is 16.3 Å². The van der Waals surface area contributed by atoms with Crippen LogP contribution in [0.3, 0.4) is 0 Å². The number of ether oxygens (including phenoxy) is 1. The highest BCUT2D eigenvalue weighted by Crippen LogP contribution is 2.33. The second-order valence-corrected chi connectivity index (χ2v) is 9.68. The van der Waals surface area contributed by atoms with E-state index in [2.05, 4.69) is 19.2 Å². The van der Waals surface area contributed by atoms with Gasteiger partial charge >= 0.3 is 0 Å². The second kappa shape index (κ2) is 12.1. The lowest BCUT2D eigenvalue weighted by atomic mass is 9.99. The molecule has 1 saturated heterocycles. The van der Waals surface area contributed by atoms with E-state index in [9.17, 15) is 26.7 Å². The van der Waals surface area contributed by atoms with Gasteiger partial charge in [0.05, 0.1) is 10.7 Å². The average molecular weight is 568 g/mol. The Morgan fingerprint density at radius 1 is 0.897 bits per heavy atom. The highest BCUT2D eigenvalue weighted by Gasteiger charge is 2.31. The normalized spacial score (nSPS) is 14.4. The molecule has 3 aromatic rings. The standard InChI is InChI=1S/C28H27ClF5N3O2/c1-3-16(2)17-4-7-19(8-5-17)39-15-22(38)35-18-6-9-21(20(29)14-18)36-10-12-37(13-11-36)28-26(33)24(31)23(30)25(32)27(28)34/h4-9,14,16H,3,10-13,15H2,1-2H3,(H,35,38). The van der Waals surface area contributed by atoms with Gasteiger partial charge in [0.15, 0.2) is 29.9 Å². The number of hydrogen-bond donors (Lipinski definition) is 1. The van der Waals surface area contributed by atoms with Crippen LogP contribution >= 0.6 is 11.6 Å². The summed E-state index contributed by atoms with van der Waals surface area (Å²) in [5.41, 5.74) is 1.31. The molecule has 4 rings (SSSR count). The van der Waals surface area contributed by atoms with Crippen molar-refractivity contribution in [3.8, 4) is 5.75 Å². The number of nitrogens with zero attached hydrogens (tertiary/aromatic N) is 2. The zero-order valence-electron chi connectivity index (χ0n) is 21.3. The van der Waals surface area contributed by atoms with E-state index in [1.54, 1.807) is 18.2 Å². The molecule has 0 aromatic heterocycles. The number of rotatable bonds is 8. The number of halogens is 6. The third-order valence-corrected chi connectivity index (χ3v) is 7.09. The Kier molecular flexibility index (Phi) is 8.84. The second-order valence-electron chi connectivity index (χ2n) is 9.27. The maximum atomic E-state index is 14.2. The molecule has 0 spiro atoms. The van der Waals surface area contributed by atoms with Gasteiger partial charge in [-0.2, -0.15) is 0 Å². The van der Waals surface area contributed by atoms with Gasteiger partial charge in [-0.25, -0.2) is 22.0 Å². The van der Waals surface area contributed by atoms with Crippen molar-refractivity contribution in [3.63, 3.8) is 0 Å². The van der Waals surface area contributed by atoms with Gasteiger partial charge < -0.3 is 19.9 Å². The molecular weight excluding hydrogens is 541 g/mol. The number of anilines is 3. The van der Waals surface area contributed by atoms with Crippen molar-refractivity contribution in [2.45, 2.75) is 26.2 Å². The lowest BCUT2D eigenvalue weighted by molar-refractivity contribution is -0.118. The van der Waals surface area contributed by atoms with E-state index in [1.165, 1.54) is 5.56 Å². The fourth-order valence-electron chi connectivity index (χ4n) is 4.36. The van der Waals surface area contributed by atoms with Crippen molar-refractivity contribution < 1.29 is 31.5 Å². The first kappa shape index (κ1) is 28.5.